The molecule has 0 unspecified atom stereocenters. The fourth-order valence-corrected chi connectivity index (χ4v) is 18.5. The van der Waals surface area contributed by atoms with Gasteiger partial charge in [0, 0.05) is 93.5 Å². The first-order valence-corrected chi connectivity index (χ1v) is 45.9. The topological polar surface area (TPSA) is 645 Å². The summed E-state index contributed by atoms with van der Waals surface area (Å²) in [6.07, 6.45) is -1.84. The van der Waals surface area contributed by atoms with Crippen LogP contribution in [0.1, 0.15) is 133 Å². The van der Waals surface area contributed by atoms with Gasteiger partial charge in [0.2, 0.25) is 94.5 Å². The Bertz CT molecular complexity index is 4960. The Labute approximate surface area is 763 Å². The molecule has 5 aromatic rings. The highest BCUT2D eigenvalue weighted by Crippen LogP contribution is 2.30. The summed E-state index contributed by atoms with van der Waals surface area (Å²) in [6, 6.07) is -2.60. The molecular formula is C87H120N20O22S2. The van der Waals surface area contributed by atoms with Crippen LogP contribution >= 0.6 is 23.1 Å². The maximum atomic E-state index is 15.8. The lowest BCUT2D eigenvalue weighted by molar-refractivity contribution is -0.149. The number of carboxylic acid groups (broad SMARTS) is 2. The summed E-state index contributed by atoms with van der Waals surface area (Å²) in [7, 11) is 2.74. The van der Waals surface area contributed by atoms with E-state index in [9.17, 15) is 73.2 Å². The van der Waals surface area contributed by atoms with Crippen LogP contribution < -0.4 is 76.1 Å². The Morgan fingerprint density at radius 2 is 1.02 bits per heavy atom. The molecule has 712 valence electrons. The first-order chi connectivity index (χ1) is 62.6. The zero-order valence-corrected chi connectivity index (χ0v) is 75.2. The highest BCUT2D eigenvalue weighted by atomic mass is 32.2. The molecule has 0 bridgehead atoms. The number of likely N-dealkylation sites (N-methyl/N-ethyl adjacent to an activating group) is 2. The highest BCUT2D eigenvalue weighted by Gasteiger charge is 2.48. The predicted octanol–water partition coefficient (Wildman–Crippen LogP) is -3.20. The number of carboxylic acids is 2. The summed E-state index contributed by atoms with van der Waals surface area (Å²) < 4.78 is 0.823. The first-order valence-electron chi connectivity index (χ1n) is 43.9. The molecule has 6 heterocycles. The van der Waals surface area contributed by atoms with Gasteiger partial charge in [-0.2, -0.15) is 0 Å². The van der Waals surface area contributed by atoms with Gasteiger partial charge in [-0.15, -0.1) is 23.1 Å². The van der Waals surface area contributed by atoms with E-state index in [1.165, 1.54) is 59.5 Å². The third kappa shape index (κ3) is 27.8. The number of H-pyrrole nitrogens is 1. The molecule has 0 spiro atoms. The number of fused-ring (bicyclic) bond motifs is 5. The van der Waals surface area contributed by atoms with Crippen molar-refractivity contribution in [2.45, 2.75) is 227 Å². The van der Waals surface area contributed by atoms with Gasteiger partial charge in [0.05, 0.1) is 31.2 Å². The van der Waals surface area contributed by atoms with Gasteiger partial charge in [0.1, 0.15) is 90.3 Å². The second kappa shape index (κ2) is 49.0. The summed E-state index contributed by atoms with van der Waals surface area (Å²) in [6.45, 7) is 1.06. The third-order valence-corrected chi connectivity index (χ3v) is 25.7. The Balaban J connectivity index is 1.09. The molecule has 16 amide bonds. The minimum Gasteiger partial charge on any atom is -0.508 e. The molecule has 9 rings (SSSR count). The number of phenolic OH excluding ortho intramolecular Hbond substituents is 1. The molecule has 4 fully saturated rings. The number of nitrogens with two attached hydrogens (primary N) is 4. The molecule has 3 aromatic carbocycles. The lowest BCUT2D eigenvalue weighted by Gasteiger charge is -2.36. The molecule has 42 nitrogen and oxygen atoms in total. The molecule has 4 aliphatic heterocycles. The normalized spacial score (nSPS) is 25.6. The molecule has 15 atom stereocenters. The zero-order valence-electron chi connectivity index (χ0n) is 73.5. The van der Waals surface area contributed by atoms with Crippen LogP contribution in [0.2, 0.25) is 0 Å². The van der Waals surface area contributed by atoms with E-state index >= 15 is 33.6 Å². The number of hydrogen-bond acceptors (Lipinski definition) is 25. The van der Waals surface area contributed by atoms with Crippen molar-refractivity contribution in [3.63, 3.8) is 0 Å². The number of aliphatic hydroxyl groups is 1. The standard InChI is InChI=1S/C87H120N20O22S2/c1-5-7-20-64-79(121)96-55(19-13-30-88)75(117)102-63(74(116)93-42-70(91)110)45-130-46-71(111)94-58(34-47-25-27-50(108)28-26-47)84(126)105-32-14-22-65(105)80(122)100-60(38-72(112)113)85(127)106-33-15-23-66(106)81(123)101-62(40-90)78(120)99-61(39-73(114)115)86(128)107-43-51(109)37-68(107)82(124)97-57(35-48-41-92-54-18-11-9-16-52(48)54)77(119)95-56(29-31-89)76(118)98-59(36-49-44-131-69-24-12-10-17-53(49)69)83(125)104(4)67(21-8-6-2)87(129)103(64)3/h9-12,16-18,24-28,41,44,51,55-68,92,108-109H,5-8,13-15,19-23,29-40,42-43,45-46,88-90H2,1-4H3,(H2,91,110)(H,93,116)(H,94,111)(H,95,119)(H,96,121)(H,97,124)(H,98,118)(H,99,120)(H,100,122)(H,101,123)(H,102,117)(H,112,113)(H,114,115)/t51-,55+,56+,57+,58+,59+,60+,61+,62+,63+,64+,65+,66+,67+,68+/m1/s1. The van der Waals surface area contributed by atoms with Gasteiger partial charge in [0.25, 0.3) is 0 Å². The molecule has 4 saturated heterocycles. The van der Waals surface area contributed by atoms with Crippen molar-refractivity contribution < 1.29 is 107 Å². The SMILES string of the molecule is CCCC[C@H]1C(=O)N(C)[C@@H](CCCC)C(=O)N[C@@H](CCCN)C(=O)N[C@H](C(=O)NCC(N)=O)CSCC(=O)N[C@@H](Cc2ccc(O)cc2)C(=O)N2CCC[C@H]2C(=O)N[C@@H](CC(=O)O)C(=O)N2CCC[C@H]2C(=O)N[C@@H](CN)C(=O)N[C@@H](CC(=O)O)C(=O)N2C[C@H](O)C[C@H]2C(=O)N[C@@H](Cc2c[nH]c3ccccc23)C(=O)N[C@@H](CCN)C(=O)N[C@@H](Cc2csc3ccccc23)C(=O)N1C. The Morgan fingerprint density at radius 1 is 0.504 bits per heavy atom. The highest BCUT2D eigenvalue weighted by molar-refractivity contribution is 8.00. The maximum Gasteiger partial charge on any atom is 0.305 e. The fourth-order valence-electron chi connectivity index (χ4n) is 16.6. The summed E-state index contributed by atoms with van der Waals surface area (Å²) >= 11 is 2.14. The van der Waals surface area contributed by atoms with E-state index in [-0.39, 0.29) is 109 Å². The maximum absolute atomic E-state index is 15.8. The number of nitrogens with zero attached hydrogens (tertiary/aromatic N) is 5. The minimum atomic E-state index is -2.07. The number of amides is 16. The van der Waals surface area contributed by atoms with Gasteiger partial charge >= 0.3 is 11.9 Å². The van der Waals surface area contributed by atoms with Gasteiger partial charge in [-0.05, 0) is 123 Å². The van der Waals surface area contributed by atoms with Gasteiger partial charge in [-0.25, -0.2) is 0 Å². The molecule has 2 aromatic heterocycles. The van der Waals surface area contributed by atoms with Gasteiger partial charge in [0.15, 0.2) is 0 Å². The average molecular weight is 1860 g/mol. The number of phenols is 1. The van der Waals surface area contributed by atoms with Crippen LogP contribution in [0.15, 0.2) is 84.4 Å². The number of para-hydroxylation sites is 1. The second-order valence-corrected chi connectivity index (χ2v) is 35.1. The van der Waals surface area contributed by atoms with Crippen LogP contribution in [-0.4, -0.2) is 318 Å². The van der Waals surface area contributed by atoms with Crippen LogP contribution in [-0.2, 0) is 106 Å². The largest absolute Gasteiger partial charge is 0.508 e. The number of thioether (sulfide) groups is 1. The van der Waals surface area contributed by atoms with E-state index in [1.807, 2.05) is 32.0 Å². The number of rotatable bonds is 25. The van der Waals surface area contributed by atoms with Crippen molar-refractivity contribution in [3.8, 4) is 5.75 Å². The van der Waals surface area contributed by atoms with Crippen LogP contribution in [0.3, 0.4) is 0 Å². The van der Waals surface area contributed by atoms with E-state index in [4.69, 9.17) is 22.9 Å². The number of aromatic amines is 1. The number of carbonyl (C=O) groups is 18. The van der Waals surface area contributed by atoms with Crippen molar-refractivity contribution >= 4 is 151 Å². The quantitative estimate of drug-likeness (QED) is 0.0274. The average Bonchev–Trinajstić information content (AvgIpc) is 1.67. The zero-order chi connectivity index (χ0) is 95.4. The number of aliphatic carboxylic acids is 2. The molecule has 131 heavy (non-hydrogen) atoms. The Kier molecular flexibility index (Phi) is 38.3. The van der Waals surface area contributed by atoms with E-state index < -0.39 is 248 Å². The van der Waals surface area contributed by atoms with Crippen LogP contribution in [0, 0.1) is 0 Å². The minimum absolute atomic E-state index is 0.000806. The Hall–Kier alpha value is -12.4. The number of unbranched alkanes of at least 4 members (excludes halogenated alkanes) is 2. The Morgan fingerprint density at radius 3 is 1.63 bits per heavy atom. The number of aliphatic hydroxyl groups excluding tert-OH is 1. The molecular weight excluding hydrogens is 1740 g/mol. The molecule has 44 heteroatoms. The number of carbonyl (C=O) groups excluding carboxylic acids is 16. The lowest BCUT2D eigenvalue weighted by Crippen LogP contribution is -2.62. The van der Waals surface area contributed by atoms with Gasteiger partial charge < -0.3 is 126 Å². The molecule has 0 aliphatic carbocycles. The monoisotopic (exact) mass is 1860 g/mol. The smallest absolute Gasteiger partial charge is 0.305 e. The summed E-state index contributed by atoms with van der Waals surface area (Å²) in [5.41, 5.74) is 25.8. The van der Waals surface area contributed by atoms with Gasteiger partial charge in [-0.3, -0.25) is 86.3 Å². The van der Waals surface area contributed by atoms with Crippen molar-refractivity contribution in [3.05, 3.63) is 101 Å². The molecule has 0 saturated carbocycles. The third-order valence-electron chi connectivity index (χ3n) is 23.6. The molecule has 0 radical (unpaired) electrons. The van der Waals surface area contributed by atoms with Crippen LogP contribution in [0.5, 0.6) is 5.75 Å². The van der Waals surface area contributed by atoms with Crippen LogP contribution in [0.25, 0.3) is 21.0 Å². The van der Waals surface area contributed by atoms with E-state index in [2.05, 4.69) is 58.2 Å². The number of benzene rings is 3. The van der Waals surface area contributed by atoms with Crippen molar-refractivity contribution in [1.82, 2.24) is 82.7 Å². The van der Waals surface area contributed by atoms with E-state index in [0.717, 1.165) is 36.5 Å². The van der Waals surface area contributed by atoms with Gasteiger partial charge in [-0.1, -0.05) is 88.1 Å². The van der Waals surface area contributed by atoms with E-state index in [1.54, 1.807) is 41.9 Å². The first kappa shape index (κ1) is 102. The van der Waals surface area contributed by atoms with Crippen molar-refractivity contribution in [1.29, 1.82) is 0 Å². The van der Waals surface area contributed by atoms with Crippen molar-refractivity contribution in [2.24, 2.45) is 22.9 Å². The predicted molar refractivity (Wildman–Crippen MR) is 480 cm³/mol. The summed E-state index contributed by atoms with van der Waals surface area (Å²) in [4.78, 5) is 269. The summed E-state index contributed by atoms with van der Waals surface area (Å²) in [5, 5.41) is 71.0. The summed E-state index contributed by atoms with van der Waals surface area (Å²) in [5.74, 6) is -19.9. The number of hydrogen-bond donors (Lipinski definition) is 19. The van der Waals surface area contributed by atoms with Crippen LogP contribution in [0.4, 0.5) is 0 Å². The van der Waals surface area contributed by atoms with Crippen molar-refractivity contribution in [2.75, 3.05) is 71.4 Å². The molecule has 23 N–H and O–H groups in total. The number of aromatic hydroxyl groups is 1. The lowest BCUT2D eigenvalue weighted by atomic mass is 9.99. The number of primary amides is 1. The second-order valence-electron chi connectivity index (χ2n) is 33.1. The number of thiophene rings is 1. The number of nitrogens with one attached hydrogen (secondary N) is 11. The number of aromatic nitrogens is 1. The molecule has 4 aliphatic rings. The fraction of sp³-hybridized carbons (Fsp3) is 0.540. The van der Waals surface area contributed by atoms with E-state index in [0.29, 0.717) is 53.3 Å².